The normalized spacial score (nSPS) is 10.5. The van der Waals surface area contributed by atoms with Crippen LogP contribution in [-0.2, 0) is 22.6 Å². The molecule has 2 N–H and O–H groups in total. The lowest BCUT2D eigenvalue weighted by atomic mass is 10.3. The van der Waals surface area contributed by atoms with Crippen LogP contribution in [0.1, 0.15) is 5.82 Å². The Hall–Kier alpha value is -3.17. The average Bonchev–Trinajstić information content (AvgIpc) is 3.10. The zero-order valence-electron chi connectivity index (χ0n) is 16.3. The van der Waals surface area contributed by atoms with Gasteiger partial charge in [0.2, 0.25) is 11.8 Å². The second kappa shape index (κ2) is 10.7. The number of hydrogen-bond donors (Lipinski definition) is 2. The molecule has 0 fully saturated rings. The number of thioether (sulfide) groups is 1. The van der Waals surface area contributed by atoms with Gasteiger partial charge in [-0.05, 0) is 30.3 Å². The number of para-hydroxylation sites is 1. The van der Waals surface area contributed by atoms with Gasteiger partial charge in [0.05, 0.1) is 17.9 Å². The van der Waals surface area contributed by atoms with Crippen LogP contribution in [0.5, 0.6) is 0 Å². The van der Waals surface area contributed by atoms with E-state index in [0.29, 0.717) is 28.2 Å². The van der Waals surface area contributed by atoms with E-state index in [2.05, 4.69) is 27.4 Å². The number of allylic oxidation sites excluding steroid dienone is 1. The predicted octanol–water partition coefficient (Wildman–Crippen LogP) is 4.17. The van der Waals surface area contributed by atoms with E-state index in [0.717, 1.165) is 0 Å². The minimum Gasteiger partial charge on any atom is -0.325 e. The zero-order valence-corrected chi connectivity index (χ0v) is 17.9. The summed E-state index contributed by atoms with van der Waals surface area (Å²) in [6, 6.07) is 12.7. The molecule has 0 spiro atoms. The van der Waals surface area contributed by atoms with Crippen molar-refractivity contribution < 1.29 is 14.0 Å². The van der Waals surface area contributed by atoms with Crippen molar-refractivity contribution in [3.8, 4) is 0 Å². The summed E-state index contributed by atoms with van der Waals surface area (Å²) < 4.78 is 15.4. The number of benzene rings is 2. The molecular weight excluding hydrogens is 441 g/mol. The molecule has 1 heterocycles. The van der Waals surface area contributed by atoms with E-state index in [9.17, 15) is 14.0 Å². The molecule has 1 aromatic heterocycles. The summed E-state index contributed by atoms with van der Waals surface area (Å²) in [6.45, 7) is 4.06. The Morgan fingerprint density at radius 1 is 1.13 bits per heavy atom. The van der Waals surface area contributed by atoms with Crippen LogP contribution in [0, 0.1) is 5.82 Å². The molecule has 0 aliphatic carbocycles. The quantitative estimate of drug-likeness (QED) is 0.370. The maximum Gasteiger partial charge on any atom is 0.234 e. The van der Waals surface area contributed by atoms with E-state index < -0.39 is 11.7 Å². The van der Waals surface area contributed by atoms with Crippen LogP contribution in [0.3, 0.4) is 0 Å². The number of halogens is 2. The van der Waals surface area contributed by atoms with Crippen molar-refractivity contribution in [1.29, 1.82) is 0 Å². The minimum absolute atomic E-state index is 0.0865. The van der Waals surface area contributed by atoms with Gasteiger partial charge >= 0.3 is 0 Å². The van der Waals surface area contributed by atoms with Gasteiger partial charge in [-0.3, -0.25) is 9.59 Å². The molecule has 0 bridgehead atoms. The van der Waals surface area contributed by atoms with Gasteiger partial charge in [0.15, 0.2) is 5.16 Å². The number of nitrogens with zero attached hydrogens (tertiary/aromatic N) is 3. The van der Waals surface area contributed by atoms with Crippen LogP contribution < -0.4 is 10.6 Å². The summed E-state index contributed by atoms with van der Waals surface area (Å²) in [5, 5.41) is 14.4. The number of aromatic nitrogens is 3. The van der Waals surface area contributed by atoms with Crippen molar-refractivity contribution >= 4 is 46.6 Å². The van der Waals surface area contributed by atoms with Crippen molar-refractivity contribution in [1.82, 2.24) is 14.8 Å². The number of rotatable bonds is 9. The number of amides is 2. The van der Waals surface area contributed by atoms with E-state index in [1.807, 2.05) is 0 Å². The van der Waals surface area contributed by atoms with Gasteiger partial charge < -0.3 is 15.2 Å². The second-order valence-corrected chi connectivity index (χ2v) is 7.73. The Balaban J connectivity index is 1.63. The smallest absolute Gasteiger partial charge is 0.234 e. The molecule has 0 aliphatic rings. The number of anilines is 2. The standard InChI is InChI=1S/C21H19ClFN5O2S/c1-2-10-28-18(12-19(29)25-17-9-4-3-8-16(17)23)26-27-21(28)31-13-20(30)24-15-7-5-6-14(22)11-15/h2-9,11H,1,10,12-13H2,(H,24,30)(H,25,29). The van der Waals surface area contributed by atoms with Gasteiger partial charge in [0.25, 0.3) is 0 Å². The summed E-state index contributed by atoms with van der Waals surface area (Å²) in [5.74, 6) is -0.724. The van der Waals surface area contributed by atoms with Crippen molar-refractivity contribution in [2.24, 2.45) is 0 Å². The molecule has 0 saturated heterocycles. The largest absolute Gasteiger partial charge is 0.325 e. The Labute approximate surface area is 187 Å². The second-order valence-electron chi connectivity index (χ2n) is 6.35. The third kappa shape index (κ3) is 6.40. The molecule has 0 atom stereocenters. The van der Waals surface area contributed by atoms with E-state index in [1.54, 1.807) is 41.0 Å². The first kappa shape index (κ1) is 22.5. The lowest BCUT2D eigenvalue weighted by Crippen LogP contribution is -2.18. The first-order chi connectivity index (χ1) is 15.0. The first-order valence-corrected chi connectivity index (χ1v) is 10.6. The highest BCUT2D eigenvalue weighted by Gasteiger charge is 2.17. The van der Waals surface area contributed by atoms with Crippen LogP contribution in [0.15, 0.2) is 66.3 Å². The number of carbonyl (C=O) groups excluding carboxylic acids is 2. The molecule has 10 heteroatoms. The molecule has 3 aromatic rings. The number of carbonyl (C=O) groups is 2. The molecule has 31 heavy (non-hydrogen) atoms. The molecule has 0 saturated carbocycles. The fourth-order valence-electron chi connectivity index (χ4n) is 2.66. The van der Waals surface area contributed by atoms with Crippen LogP contribution in [-0.4, -0.2) is 32.3 Å². The maximum absolute atomic E-state index is 13.7. The first-order valence-electron chi connectivity index (χ1n) is 9.22. The van der Waals surface area contributed by atoms with Gasteiger partial charge in [-0.1, -0.05) is 47.6 Å². The van der Waals surface area contributed by atoms with Crippen LogP contribution >= 0.6 is 23.4 Å². The summed E-state index contributed by atoms with van der Waals surface area (Å²) in [5.41, 5.74) is 0.686. The molecule has 0 aliphatic heterocycles. The van der Waals surface area contributed by atoms with Gasteiger partial charge in [-0.15, -0.1) is 16.8 Å². The third-order valence-corrected chi connectivity index (χ3v) is 5.21. The lowest BCUT2D eigenvalue weighted by molar-refractivity contribution is -0.116. The number of nitrogens with one attached hydrogen (secondary N) is 2. The molecule has 2 aromatic carbocycles. The summed E-state index contributed by atoms with van der Waals surface area (Å²) in [4.78, 5) is 24.6. The third-order valence-electron chi connectivity index (χ3n) is 4.01. The Morgan fingerprint density at radius 3 is 2.68 bits per heavy atom. The highest BCUT2D eigenvalue weighted by atomic mass is 35.5. The van der Waals surface area contributed by atoms with Crippen LogP contribution in [0.4, 0.5) is 15.8 Å². The van der Waals surface area contributed by atoms with Crippen molar-refractivity contribution in [2.45, 2.75) is 18.1 Å². The Bertz CT molecular complexity index is 1100. The molecule has 2 amide bonds. The van der Waals surface area contributed by atoms with Gasteiger partial charge in [0.1, 0.15) is 11.6 Å². The lowest BCUT2D eigenvalue weighted by Gasteiger charge is -2.09. The van der Waals surface area contributed by atoms with E-state index in [-0.39, 0.29) is 23.8 Å². The van der Waals surface area contributed by atoms with Crippen molar-refractivity contribution in [3.63, 3.8) is 0 Å². The van der Waals surface area contributed by atoms with Gasteiger partial charge in [0, 0.05) is 17.3 Å². The average molecular weight is 460 g/mol. The summed E-state index contributed by atoms with van der Waals surface area (Å²) in [6.07, 6.45) is 1.53. The predicted molar refractivity (Wildman–Crippen MR) is 120 cm³/mol. The van der Waals surface area contributed by atoms with Crippen LogP contribution in [0.25, 0.3) is 0 Å². The van der Waals surface area contributed by atoms with E-state index in [1.165, 1.54) is 30.0 Å². The van der Waals surface area contributed by atoms with Gasteiger partial charge in [-0.2, -0.15) is 0 Å². The molecule has 160 valence electrons. The van der Waals surface area contributed by atoms with E-state index in [4.69, 9.17) is 11.6 Å². The molecular formula is C21H19ClFN5O2S. The SMILES string of the molecule is C=CCn1c(CC(=O)Nc2ccccc2F)nnc1SCC(=O)Nc1cccc(Cl)c1. The topological polar surface area (TPSA) is 88.9 Å². The highest BCUT2D eigenvalue weighted by Crippen LogP contribution is 2.20. The highest BCUT2D eigenvalue weighted by molar-refractivity contribution is 7.99. The van der Waals surface area contributed by atoms with Crippen molar-refractivity contribution in [3.05, 3.63) is 77.9 Å². The number of hydrogen-bond acceptors (Lipinski definition) is 5. The van der Waals surface area contributed by atoms with Crippen molar-refractivity contribution in [2.75, 3.05) is 16.4 Å². The molecule has 0 radical (unpaired) electrons. The molecule has 0 unspecified atom stereocenters. The molecule has 3 rings (SSSR count). The fourth-order valence-corrected chi connectivity index (χ4v) is 3.62. The van der Waals surface area contributed by atoms with Gasteiger partial charge in [-0.25, -0.2) is 4.39 Å². The fraction of sp³-hybridized carbons (Fsp3) is 0.143. The van der Waals surface area contributed by atoms with E-state index >= 15 is 0 Å². The Morgan fingerprint density at radius 2 is 1.94 bits per heavy atom. The summed E-state index contributed by atoms with van der Waals surface area (Å²) in [7, 11) is 0. The van der Waals surface area contributed by atoms with Crippen LogP contribution in [0.2, 0.25) is 5.02 Å². The minimum atomic E-state index is -0.523. The molecule has 7 nitrogen and oxygen atoms in total. The Kier molecular flexibility index (Phi) is 7.80. The monoisotopic (exact) mass is 459 g/mol. The summed E-state index contributed by atoms with van der Waals surface area (Å²) >= 11 is 7.10. The zero-order chi connectivity index (χ0) is 22.2. The maximum atomic E-state index is 13.7.